The van der Waals surface area contributed by atoms with Gasteiger partial charge in [-0.3, -0.25) is 0 Å². The van der Waals surface area contributed by atoms with Crippen molar-refractivity contribution in [2.24, 2.45) is 0 Å². The zero-order valence-electron chi connectivity index (χ0n) is 10.4. The topological polar surface area (TPSA) is 61.0 Å². The minimum Gasteiger partial charge on any atom is -0.435 e. The highest BCUT2D eigenvalue weighted by atomic mass is 35.5. The van der Waals surface area contributed by atoms with Crippen molar-refractivity contribution in [2.75, 3.05) is 5.73 Å². The van der Waals surface area contributed by atoms with Gasteiger partial charge in [-0.15, -0.1) is 0 Å². The first-order chi connectivity index (χ1) is 9.25. The summed E-state index contributed by atoms with van der Waals surface area (Å²) in [7, 11) is 0. The van der Waals surface area contributed by atoms with Gasteiger partial charge in [-0.1, -0.05) is 17.7 Å². The number of nitrogen functional groups attached to an aromatic ring is 1. The number of nitrogens with zero attached hydrogens (tertiary/aromatic N) is 2. The minimum atomic E-state index is 0.468. The molecule has 2 N–H and O–H groups in total. The fourth-order valence-electron chi connectivity index (χ4n) is 2.31. The summed E-state index contributed by atoms with van der Waals surface area (Å²) < 4.78 is 5.83. The monoisotopic (exact) mass is 275 g/mol. The Bertz CT molecular complexity index is 595. The second kappa shape index (κ2) is 5.05. The summed E-state index contributed by atoms with van der Waals surface area (Å²) in [6.45, 7) is 0. The van der Waals surface area contributed by atoms with E-state index < -0.39 is 0 Å². The van der Waals surface area contributed by atoms with Gasteiger partial charge in [0.05, 0.1) is 16.4 Å². The fourth-order valence-corrected chi connectivity index (χ4v) is 2.53. The molecule has 1 aromatic carbocycles. The second-order valence-electron chi connectivity index (χ2n) is 4.57. The van der Waals surface area contributed by atoms with Gasteiger partial charge >= 0.3 is 0 Å². The maximum absolute atomic E-state index is 6.11. The highest BCUT2D eigenvalue weighted by Crippen LogP contribution is 2.36. The SMILES string of the molecule is Nc1cccc(Cl)c1Oc1ncnc2c1CCCC2. The lowest BCUT2D eigenvalue weighted by Crippen LogP contribution is -2.08. The zero-order chi connectivity index (χ0) is 13.2. The van der Waals surface area contributed by atoms with Gasteiger partial charge < -0.3 is 10.5 Å². The molecule has 1 heterocycles. The Morgan fingerprint density at radius 1 is 1.16 bits per heavy atom. The summed E-state index contributed by atoms with van der Waals surface area (Å²) in [4.78, 5) is 8.53. The number of benzene rings is 1. The largest absolute Gasteiger partial charge is 0.435 e. The summed E-state index contributed by atoms with van der Waals surface area (Å²) in [5.74, 6) is 1.04. The summed E-state index contributed by atoms with van der Waals surface area (Å²) >= 11 is 6.11. The molecular weight excluding hydrogens is 262 g/mol. The molecule has 19 heavy (non-hydrogen) atoms. The van der Waals surface area contributed by atoms with Crippen molar-refractivity contribution >= 4 is 17.3 Å². The van der Waals surface area contributed by atoms with E-state index >= 15 is 0 Å². The molecule has 0 spiro atoms. The van der Waals surface area contributed by atoms with Crippen LogP contribution >= 0.6 is 11.6 Å². The molecule has 1 aromatic heterocycles. The molecule has 2 aromatic rings. The quantitative estimate of drug-likeness (QED) is 0.854. The van der Waals surface area contributed by atoms with Crippen LogP contribution < -0.4 is 10.5 Å². The van der Waals surface area contributed by atoms with Gasteiger partial charge in [-0.2, -0.15) is 0 Å². The molecule has 1 aliphatic rings. The van der Waals surface area contributed by atoms with Crippen molar-refractivity contribution in [3.8, 4) is 11.6 Å². The van der Waals surface area contributed by atoms with Crippen LogP contribution in [0.4, 0.5) is 5.69 Å². The molecule has 98 valence electrons. The highest BCUT2D eigenvalue weighted by molar-refractivity contribution is 6.32. The number of anilines is 1. The molecule has 0 unspecified atom stereocenters. The average Bonchev–Trinajstić information content (AvgIpc) is 2.43. The molecule has 0 amide bonds. The number of nitrogens with two attached hydrogens (primary N) is 1. The number of para-hydroxylation sites is 1. The number of hydrogen-bond donors (Lipinski definition) is 1. The van der Waals surface area contributed by atoms with Crippen LogP contribution in [0.2, 0.25) is 5.02 Å². The Hall–Kier alpha value is -1.81. The molecule has 0 atom stereocenters. The van der Waals surface area contributed by atoms with Crippen LogP contribution in [-0.2, 0) is 12.8 Å². The van der Waals surface area contributed by atoms with E-state index in [2.05, 4.69) is 9.97 Å². The Balaban J connectivity index is 2.00. The maximum atomic E-state index is 6.11. The Morgan fingerprint density at radius 3 is 2.84 bits per heavy atom. The van der Waals surface area contributed by atoms with E-state index in [0.29, 0.717) is 22.3 Å². The third kappa shape index (κ3) is 2.36. The maximum Gasteiger partial charge on any atom is 0.225 e. The first-order valence-electron chi connectivity index (χ1n) is 6.30. The number of halogens is 1. The minimum absolute atomic E-state index is 0.468. The zero-order valence-corrected chi connectivity index (χ0v) is 11.2. The van der Waals surface area contributed by atoms with E-state index in [1.165, 1.54) is 6.33 Å². The van der Waals surface area contributed by atoms with Gasteiger partial charge in [0.1, 0.15) is 6.33 Å². The van der Waals surface area contributed by atoms with Crippen molar-refractivity contribution in [2.45, 2.75) is 25.7 Å². The molecule has 0 radical (unpaired) electrons. The smallest absolute Gasteiger partial charge is 0.225 e. The van der Waals surface area contributed by atoms with Crippen LogP contribution in [0.15, 0.2) is 24.5 Å². The van der Waals surface area contributed by atoms with E-state index in [0.717, 1.165) is 36.9 Å². The predicted molar refractivity (Wildman–Crippen MR) is 74.6 cm³/mol. The third-order valence-electron chi connectivity index (χ3n) is 3.28. The van der Waals surface area contributed by atoms with Gasteiger partial charge in [-0.05, 0) is 37.8 Å². The molecule has 0 bridgehead atoms. The number of rotatable bonds is 2. The lowest BCUT2D eigenvalue weighted by Gasteiger charge is -2.18. The van der Waals surface area contributed by atoms with E-state index in [4.69, 9.17) is 22.1 Å². The first kappa shape index (κ1) is 12.2. The number of ether oxygens (including phenoxy) is 1. The number of aromatic nitrogens is 2. The summed E-state index contributed by atoms with van der Waals surface area (Å²) in [5.41, 5.74) is 8.55. The van der Waals surface area contributed by atoms with Crippen LogP contribution in [0.5, 0.6) is 11.6 Å². The normalized spacial score (nSPS) is 13.9. The van der Waals surface area contributed by atoms with E-state index in [1.54, 1.807) is 18.2 Å². The van der Waals surface area contributed by atoms with Crippen molar-refractivity contribution in [3.05, 3.63) is 40.8 Å². The van der Waals surface area contributed by atoms with E-state index in [9.17, 15) is 0 Å². The fraction of sp³-hybridized carbons (Fsp3) is 0.286. The second-order valence-corrected chi connectivity index (χ2v) is 4.98. The first-order valence-corrected chi connectivity index (χ1v) is 6.68. The van der Waals surface area contributed by atoms with Gasteiger partial charge in [0.15, 0.2) is 5.75 Å². The van der Waals surface area contributed by atoms with Gasteiger partial charge in [0, 0.05) is 5.56 Å². The van der Waals surface area contributed by atoms with Crippen molar-refractivity contribution < 1.29 is 4.74 Å². The van der Waals surface area contributed by atoms with Crippen molar-refractivity contribution in [1.82, 2.24) is 9.97 Å². The average molecular weight is 276 g/mol. The molecule has 5 heteroatoms. The Kier molecular flexibility index (Phi) is 3.25. The van der Waals surface area contributed by atoms with Crippen molar-refractivity contribution in [1.29, 1.82) is 0 Å². The van der Waals surface area contributed by atoms with Gasteiger partial charge in [0.2, 0.25) is 5.88 Å². The predicted octanol–water partition coefficient (Wildman–Crippen LogP) is 3.38. The molecular formula is C14H14ClN3O. The molecule has 4 nitrogen and oxygen atoms in total. The van der Waals surface area contributed by atoms with Crippen LogP contribution in [0, 0.1) is 0 Å². The lowest BCUT2D eigenvalue weighted by atomic mass is 9.97. The Labute approximate surface area is 116 Å². The molecule has 0 fully saturated rings. The number of aryl methyl sites for hydroxylation is 1. The van der Waals surface area contributed by atoms with Gasteiger partial charge in [0.25, 0.3) is 0 Å². The number of hydrogen-bond acceptors (Lipinski definition) is 4. The molecule has 1 aliphatic carbocycles. The van der Waals surface area contributed by atoms with Crippen LogP contribution in [0.1, 0.15) is 24.1 Å². The van der Waals surface area contributed by atoms with E-state index in [-0.39, 0.29) is 0 Å². The number of fused-ring (bicyclic) bond motifs is 1. The van der Waals surface area contributed by atoms with Crippen LogP contribution in [0.25, 0.3) is 0 Å². The molecule has 0 saturated heterocycles. The van der Waals surface area contributed by atoms with E-state index in [1.807, 2.05) is 0 Å². The summed E-state index contributed by atoms with van der Waals surface area (Å²) in [6, 6.07) is 5.30. The molecule has 3 rings (SSSR count). The molecule has 0 saturated carbocycles. The third-order valence-corrected chi connectivity index (χ3v) is 3.58. The lowest BCUT2D eigenvalue weighted by molar-refractivity contribution is 0.449. The Morgan fingerprint density at radius 2 is 2.00 bits per heavy atom. The molecule has 0 aliphatic heterocycles. The highest BCUT2D eigenvalue weighted by Gasteiger charge is 2.18. The summed E-state index contributed by atoms with van der Waals surface area (Å²) in [5, 5.41) is 0.489. The van der Waals surface area contributed by atoms with Crippen LogP contribution in [-0.4, -0.2) is 9.97 Å². The standard InChI is InChI=1S/C14H14ClN3O/c15-10-5-3-6-11(16)13(10)19-14-9-4-1-2-7-12(9)17-8-18-14/h3,5-6,8H,1-2,4,7,16H2. The summed E-state index contributed by atoms with van der Waals surface area (Å²) in [6.07, 6.45) is 5.75. The van der Waals surface area contributed by atoms with Crippen molar-refractivity contribution in [3.63, 3.8) is 0 Å². The van der Waals surface area contributed by atoms with Crippen LogP contribution in [0.3, 0.4) is 0 Å². The van der Waals surface area contributed by atoms with Gasteiger partial charge in [-0.25, -0.2) is 9.97 Å².